The Bertz CT molecular complexity index is 375. The Hall–Kier alpha value is -1.34. The fourth-order valence-corrected chi connectivity index (χ4v) is 2.66. The van der Waals surface area contributed by atoms with Gasteiger partial charge in [0.05, 0.1) is 12.2 Å². The van der Waals surface area contributed by atoms with Crippen LogP contribution in [0.5, 0.6) is 0 Å². The summed E-state index contributed by atoms with van der Waals surface area (Å²) < 4.78 is 0. The fraction of sp³-hybridized carbons (Fsp3) is 0.833. The van der Waals surface area contributed by atoms with Crippen molar-refractivity contribution in [3.05, 3.63) is 0 Å². The Kier molecular flexibility index (Phi) is 3.96. The van der Waals surface area contributed by atoms with Crippen molar-refractivity contribution < 1.29 is 24.9 Å². The van der Waals surface area contributed by atoms with Crippen LogP contribution in [0.1, 0.15) is 19.8 Å². The third-order valence-electron chi connectivity index (χ3n) is 4.00. The van der Waals surface area contributed by atoms with Crippen LogP contribution in [0.3, 0.4) is 0 Å². The zero-order valence-electron chi connectivity index (χ0n) is 10.9. The molecule has 108 valence electrons. The predicted molar refractivity (Wildman–Crippen MR) is 65.5 cm³/mol. The molecule has 2 heterocycles. The molecular formula is C12H20N2O5. The fourth-order valence-electron chi connectivity index (χ4n) is 2.66. The lowest BCUT2D eigenvalue weighted by molar-refractivity contribution is -0.141. The first kappa shape index (κ1) is 14.1. The Morgan fingerprint density at radius 1 is 1.21 bits per heavy atom. The summed E-state index contributed by atoms with van der Waals surface area (Å²) in [6, 6.07) is -1.38. The van der Waals surface area contributed by atoms with Crippen molar-refractivity contribution in [2.75, 3.05) is 19.6 Å². The Morgan fingerprint density at radius 2 is 1.89 bits per heavy atom. The van der Waals surface area contributed by atoms with Crippen LogP contribution in [0.2, 0.25) is 0 Å². The number of carbonyl (C=O) groups excluding carboxylic acids is 1. The van der Waals surface area contributed by atoms with E-state index in [9.17, 15) is 19.8 Å². The molecule has 2 amide bonds. The molecule has 0 bridgehead atoms. The minimum Gasteiger partial charge on any atom is -0.480 e. The molecular weight excluding hydrogens is 252 g/mol. The van der Waals surface area contributed by atoms with Gasteiger partial charge in [0.15, 0.2) is 0 Å². The van der Waals surface area contributed by atoms with Crippen LogP contribution in [-0.4, -0.2) is 75.0 Å². The number of aliphatic carboxylic acids is 1. The molecule has 2 unspecified atom stereocenters. The lowest BCUT2D eigenvalue weighted by Crippen LogP contribution is -2.53. The molecule has 0 saturated carbocycles. The van der Waals surface area contributed by atoms with E-state index in [1.165, 1.54) is 9.80 Å². The molecule has 0 aromatic rings. The third-order valence-corrected chi connectivity index (χ3v) is 4.00. The summed E-state index contributed by atoms with van der Waals surface area (Å²) >= 11 is 0. The summed E-state index contributed by atoms with van der Waals surface area (Å²) in [5.74, 6) is -0.959. The molecule has 0 spiro atoms. The maximum Gasteiger partial charge on any atom is 0.326 e. The number of nitrogens with zero attached hydrogens (tertiary/aromatic N) is 2. The van der Waals surface area contributed by atoms with E-state index in [1.807, 2.05) is 6.92 Å². The summed E-state index contributed by atoms with van der Waals surface area (Å²) in [5.41, 5.74) is 0. The van der Waals surface area contributed by atoms with Crippen molar-refractivity contribution in [1.82, 2.24) is 9.80 Å². The van der Waals surface area contributed by atoms with Gasteiger partial charge in [0, 0.05) is 26.1 Å². The second-order valence-corrected chi connectivity index (χ2v) is 5.46. The van der Waals surface area contributed by atoms with Crippen molar-refractivity contribution in [1.29, 1.82) is 0 Å². The average Bonchev–Trinajstić information content (AvgIpc) is 2.74. The van der Waals surface area contributed by atoms with E-state index in [1.54, 1.807) is 0 Å². The van der Waals surface area contributed by atoms with E-state index in [0.717, 1.165) is 0 Å². The van der Waals surface area contributed by atoms with Gasteiger partial charge in [-0.15, -0.1) is 0 Å². The van der Waals surface area contributed by atoms with Gasteiger partial charge in [-0.2, -0.15) is 0 Å². The number of amides is 2. The van der Waals surface area contributed by atoms with Crippen molar-refractivity contribution >= 4 is 12.0 Å². The summed E-state index contributed by atoms with van der Waals surface area (Å²) in [6.07, 6.45) is -0.610. The topological polar surface area (TPSA) is 101 Å². The average molecular weight is 272 g/mol. The number of carboxylic acids is 1. The highest BCUT2D eigenvalue weighted by Gasteiger charge is 2.41. The third kappa shape index (κ3) is 2.82. The molecule has 2 aliphatic rings. The van der Waals surface area contributed by atoms with Crippen LogP contribution in [0.4, 0.5) is 4.79 Å². The highest BCUT2D eigenvalue weighted by molar-refractivity contribution is 5.83. The number of urea groups is 1. The van der Waals surface area contributed by atoms with E-state index in [2.05, 4.69) is 0 Å². The first-order chi connectivity index (χ1) is 8.90. The largest absolute Gasteiger partial charge is 0.480 e. The molecule has 0 aromatic carbocycles. The predicted octanol–water partition coefficient (Wildman–Crippen LogP) is -0.671. The van der Waals surface area contributed by atoms with Crippen LogP contribution in [0, 0.1) is 5.92 Å². The number of carbonyl (C=O) groups is 2. The number of rotatable bonds is 1. The van der Waals surface area contributed by atoms with Crippen LogP contribution in [-0.2, 0) is 4.79 Å². The Labute approximate surface area is 111 Å². The SMILES string of the molecule is CC1CCN(C(=O)N2C[C@H](O)C[C@H]2C(=O)O)CC1O. The maximum absolute atomic E-state index is 12.3. The molecule has 19 heavy (non-hydrogen) atoms. The van der Waals surface area contributed by atoms with E-state index < -0.39 is 30.3 Å². The van der Waals surface area contributed by atoms with E-state index >= 15 is 0 Å². The number of hydrogen-bond donors (Lipinski definition) is 3. The zero-order valence-corrected chi connectivity index (χ0v) is 10.9. The number of piperidine rings is 1. The van der Waals surface area contributed by atoms with E-state index in [4.69, 9.17) is 5.11 Å². The second kappa shape index (κ2) is 5.34. The van der Waals surface area contributed by atoms with E-state index in [-0.39, 0.29) is 25.4 Å². The van der Waals surface area contributed by atoms with Gasteiger partial charge < -0.3 is 25.1 Å². The normalized spacial score (nSPS) is 35.5. The molecule has 0 aliphatic carbocycles. The second-order valence-electron chi connectivity index (χ2n) is 5.46. The zero-order chi connectivity index (χ0) is 14.2. The Morgan fingerprint density at radius 3 is 2.47 bits per heavy atom. The molecule has 7 heteroatoms. The van der Waals surface area contributed by atoms with Gasteiger partial charge >= 0.3 is 12.0 Å². The first-order valence-electron chi connectivity index (χ1n) is 6.54. The number of β-amino-alcohol motifs (C(OH)–C–C–N with tert-alkyl or cyclic N) is 2. The lowest BCUT2D eigenvalue weighted by Gasteiger charge is -2.37. The lowest BCUT2D eigenvalue weighted by atomic mass is 9.96. The van der Waals surface area contributed by atoms with Crippen LogP contribution < -0.4 is 0 Å². The minimum absolute atomic E-state index is 0.0396. The van der Waals surface area contributed by atoms with Gasteiger partial charge in [-0.1, -0.05) is 6.92 Å². The molecule has 2 saturated heterocycles. The van der Waals surface area contributed by atoms with Gasteiger partial charge in [-0.25, -0.2) is 9.59 Å². The molecule has 2 fully saturated rings. The standard InChI is InChI=1S/C12H20N2O5/c1-7-2-3-13(6-10(7)16)12(19)14-5-8(15)4-9(14)11(17)18/h7-10,15-16H,2-6H2,1H3,(H,17,18)/t7?,8-,9+,10?/m1/s1. The van der Waals surface area contributed by atoms with Crippen LogP contribution >= 0.6 is 0 Å². The molecule has 0 radical (unpaired) electrons. The smallest absolute Gasteiger partial charge is 0.326 e. The highest BCUT2D eigenvalue weighted by Crippen LogP contribution is 2.23. The molecule has 7 nitrogen and oxygen atoms in total. The first-order valence-corrected chi connectivity index (χ1v) is 6.54. The summed E-state index contributed by atoms with van der Waals surface area (Å²) in [5, 5.41) is 28.4. The monoisotopic (exact) mass is 272 g/mol. The van der Waals surface area contributed by atoms with E-state index in [0.29, 0.717) is 13.0 Å². The molecule has 2 aliphatic heterocycles. The van der Waals surface area contributed by atoms with Gasteiger partial charge in [-0.05, 0) is 12.3 Å². The molecule has 0 aromatic heterocycles. The van der Waals surface area contributed by atoms with Gasteiger partial charge in [0.1, 0.15) is 6.04 Å². The van der Waals surface area contributed by atoms with Gasteiger partial charge in [-0.3, -0.25) is 0 Å². The number of aliphatic hydroxyl groups excluding tert-OH is 2. The summed E-state index contributed by atoms with van der Waals surface area (Å²) in [4.78, 5) is 26.0. The van der Waals surface area contributed by atoms with Crippen molar-refractivity contribution in [3.63, 3.8) is 0 Å². The molecule has 3 N–H and O–H groups in total. The maximum atomic E-state index is 12.3. The summed E-state index contributed by atoms with van der Waals surface area (Å²) in [6.45, 7) is 2.69. The number of likely N-dealkylation sites (tertiary alicyclic amines) is 2. The van der Waals surface area contributed by atoms with Crippen molar-refractivity contribution in [2.45, 2.75) is 38.0 Å². The quantitative estimate of drug-likeness (QED) is 0.587. The van der Waals surface area contributed by atoms with Gasteiger partial charge in [0.2, 0.25) is 0 Å². The highest BCUT2D eigenvalue weighted by atomic mass is 16.4. The van der Waals surface area contributed by atoms with Crippen molar-refractivity contribution in [3.8, 4) is 0 Å². The number of aliphatic hydroxyl groups is 2. The summed E-state index contributed by atoms with van der Waals surface area (Å²) in [7, 11) is 0. The van der Waals surface area contributed by atoms with Crippen LogP contribution in [0.15, 0.2) is 0 Å². The molecule has 2 rings (SSSR count). The minimum atomic E-state index is -1.10. The van der Waals surface area contributed by atoms with Crippen LogP contribution in [0.25, 0.3) is 0 Å². The number of hydrogen-bond acceptors (Lipinski definition) is 4. The van der Waals surface area contributed by atoms with Gasteiger partial charge in [0.25, 0.3) is 0 Å². The number of carboxylic acid groups (broad SMARTS) is 1. The molecule has 4 atom stereocenters. The Balaban J connectivity index is 2.04. The van der Waals surface area contributed by atoms with Crippen molar-refractivity contribution in [2.24, 2.45) is 5.92 Å².